The van der Waals surface area contributed by atoms with Crippen LogP contribution in [0.15, 0.2) is 41.1 Å². The van der Waals surface area contributed by atoms with E-state index in [1.54, 1.807) is 29.8 Å². The Labute approximate surface area is 183 Å². The molecule has 0 bridgehead atoms. The lowest BCUT2D eigenvalue weighted by molar-refractivity contribution is -0.0450. The first-order valence-electron chi connectivity index (χ1n) is 9.67. The van der Waals surface area contributed by atoms with Crippen LogP contribution >= 0.6 is 11.3 Å². The molecule has 1 atom stereocenters. The highest BCUT2D eigenvalue weighted by Crippen LogP contribution is 2.26. The molecule has 0 aliphatic rings. The molecule has 6 N–H and O–H groups in total. The zero-order valence-electron chi connectivity index (χ0n) is 17.4. The van der Waals surface area contributed by atoms with Crippen molar-refractivity contribution in [2.45, 2.75) is 33.1 Å². The summed E-state index contributed by atoms with van der Waals surface area (Å²) < 4.78 is 5.99. The molecule has 0 spiro atoms. The number of thiazole rings is 1. The molecule has 0 radical (unpaired) electrons. The average molecular weight is 444 g/mol. The number of amidine groups is 1. The number of carbonyl (C=O) groups excluding carboxylic acids is 1. The molecule has 3 rings (SSSR count). The molecule has 10 nitrogen and oxygen atoms in total. The van der Waals surface area contributed by atoms with Crippen molar-refractivity contribution in [1.29, 1.82) is 0 Å². The minimum Gasteiger partial charge on any atom is -0.382 e. The Balaban J connectivity index is 1.80. The molecule has 0 fully saturated rings. The predicted octanol–water partition coefficient (Wildman–Crippen LogP) is 2.61. The second-order valence-corrected chi connectivity index (χ2v) is 7.75. The van der Waals surface area contributed by atoms with Crippen molar-refractivity contribution in [1.82, 2.24) is 15.4 Å². The average Bonchev–Trinajstić information content (AvgIpc) is 3.19. The number of rotatable bonds is 9. The maximum Gasteiger partial charge on any atom is 0.275 e. The molecule has 2 aromatic heterocycles. The van der Waals surface area contributed by atoms with Gasteiger partial charge in [0.05, 0.1) is 27.0 Å². The van der Waals surface area contributed by atoms with E-state index in [0.717, 1.165) is 15.9 Å². The maximum atomic E-state index is 12.6. The maximum absolute atomic E-state index is 12.6. The standard InChI is InChI=1S/C20H25N7O3S/c1-4-30-20(29)18(21)26-27-19(28)13-9-22-17(8-15(13)24-11(2)3)25-12-5-6-14-16(7-12)31-10-23-14/h5-11,20,29H,4H2,1-3H3,(H2,21,26)(H,27,28)(H2,22,24,25). The normalized spacial score (nSPS) is 12.7. The fourth-order valence-corrected chi connectivity index (χ4v) is 3.41. The van der Waals surface area contributed by atoms with Crippen molar-refractivity contribution in [2.75, 3.05) is 17.2 Å². The highest BCUT2D eigenvalue weighted by molar-refractivity contribution is 7.16. The lowest BCUT2D eigenvalue weighted by atomic mass is 10.2. The van der Waals surface area contributed by atoms with Crippen LogP contribution in [0.4, 0.5) is 17.2 Å². The van der Waals surface area contributed by atoms with Gasteiger partial charge in [-0.05, 0) is 39.0 Å². The van der Waals surface area contributed by atoms with Crippen LogP contribution in [0.2, 0.25) is 0 Å². The molecule has 0 aliphatic carbocycles. The number of nitrogens with two attached hydrogens (primary N) is 1. The molecule has 3 aromatic rings. The number of aromatic nitrogens is 2. The summed E-state index contributed by atoms with van der Waals surface area (Å²) in [5.41, 5.74) is 12.4. The number of nitrogens with zero attached hydrogens (tertiary/aromatic N) is 3. The van der Waals surface area contributed by atoms with Gasteiger partial charge in [0.25, 0.3) is 5.91 Å². The van der Waals surface area contributed by atoms with Gasteiger partial charge in [0, 0.05) is 30.6 Å². The quantitative estimate of drug-likeness (QED) is 0.147. The van der Waals surface area contributed by atoms with E-state index >= 15 is 0 Å². The molecule has 1 amide bonds. The van der Waals surface area contributed by atoms with Crippen LogP contribution in [0, 0.1) is 0 Å². The van der Waals surface area contributed by atoms with Crippen LogP contribution in [0.25, 0.3) is 10.2 Å². The lowest BCUT2D eigenvalue weighted by Gasteiger charge is -2.16. The van der Waals surface area contributed by atoms with Crippen molar-refractivity contribution in [3.63, 3.8) is 0 Å². The van der Waals surface area contributed by atoms with Crippen LogP contribution < -0.4 is 21.8 Å². The van der Waals surface area contributed by atoms with Crippen LogP contribution in [0.1, 0.15) is 31.1 Å². The molecule has 1 aromatic carbocycles. The number of aliphatic hydroxyl groups is 1. The van der Waals surface area contributed by atoms with Crippen molar-refractivity contribution < 1.29 is 14.6 Å². The number of hydrogen-bond acceptors (Lipinski definition) is 9. The number of pyridine rings is 1. The summed E-state index contributed by atoms with van der Waals surface area (Å²) in [7, 11) is 0. The number of amides is 1. The molecule has 31 heavy (non-hydrogen) atoms. The highest BCUT2D eigenvalue weighted by Gasteiger charge is 2.15. The first-order valence-corrected chi connectivity index (χ1v) is 10.5. The number of hydrogen-bond donors (Lipinski definition) is 5. The van der Waals surface area contributed by atoms with E-state index in [-0.39, 0.29) is 24.0 Å². The Morgan fingerprint density at radius 2 is 2.13 bits per heavy atom. The molecular weight excluding hydrogens is 418 g/mol. The van der Waals surface area contributed by atoms with Crippen molar-refractivity contribution in [3.05, 3.63) is 41.5 Å². The molecule has 164 valence electrons. The second-order valence-electron chi connectivity index (χ2n) is 6.86. The Hall–Kier alpha value is -3.28. The Morgan fingerprint density at radius 3 is 2.87 bits per heavy atom. The first kappa shape index (κ1) is 22.4. The summed E-state index contributed by atoms with van der Waals surface area (Å²) in [5.74, 6) is -0.212. The number of aliphatic hydroxyl groups excluding tert-OH is 1. The number of carbonyl (C=O) groups is 1. The zero-order valence-corrected chi connectivity index (χ0v) is 18.2. The minimum atomic E-state index is -1.39. The van der Waals surface area contributed by atoms with Crippen LogP contribution in [0.5, 0.6) is 0 Å². The van der Waals surface area contributed by atoms with E-state index in [0.29, 0.717) is 11.5 Å². The summed E-state index contributed by atoms with van der Waals surface area (Å²) >= 11 is 1.56. The van der Waals surface area contributed by atoms with Gasteiger partial charge in [-0.25, -0.2) is 15.4 Å². The molecule has 0 saturated heterocycles. The fraction of sp³-hybridized carbons (Fsp3) is 0.300. The third-order valence-corrected chi connectivity index (χ3v) is 4.85. The topological polar surface area (TPSA) is 147 Å². The van der Waals surface area contributed by atoms with Crippen molar-refractivity contribution >= 4 is 50.5 Å². The third-order valence-electron chi connectivity index (χ3n) is 4.06. The van der Waals surface area contributed by atoms with Gasteiger partial charge in [-0.15, -0.1) is 11.3 Å². The van der Waals surface area contributed by atoms with Crippen LogP contribution in [0.3, 0.4) is 0 Å². The summed E-state index contributed by atoms with van der Waals surface area (Å²) in [6.07, 6.45) is 0.0531. The SMILES string of the molecule is CCOC(O)C(N)=NNC(=O)c1cnc(Nc2ccc3ncsc3c2)cc1NC(C)C. The second kappa shape index (κ2) is 10.2. The highest BCUT2D eigenvalue weighted by atomic mass is 32.1. The molecule has 1 unspecified atom stereocenters. The fourth-order valence-electron chi connectivity index (χ4n) is 2.69. The molecule has 2 heterocycles. The van der Waals surface area contributed by atoms with E-state index in [1.807, 2.05) is 32.0 Å². The van der Waals surface area contributed by atoms with Gasteiger partial charge in [0.1, 0.15) is 5.82 Å². The van der Waals surface area contributed by atoms with Gasteiger partial charge in [0.15, 0.2) is 5.84 Å². The summed E-state index contributed by atoms with van der Waals surface area (Å²) in [6.45, 7) is 5.88. The van der Waals surface area contributed by atoms with Crippen molar-refractivity contribution in [2.24, 2.45) is 10.8 Å². The largest absolute Gasteiger partial charge is 0.382 e. The number of benzene rings is 1. The van der Waals surface area contributed by atoms with E-state index in [2.05, 4.69) is 31.1 Å². The summed E-state index contributed by atoms with van der Waals surface area (Å²) in [4.78, 5) is 21.2. The van der Waals surface area contributed by atoms with Gasteiger partial charge >= 0.3 is 0 Å². The number of fused-ring (bicyclic) bond motifs is 1. The number of hydrazone groups is 1. The van der Waals surface area contributed by atoms with Gasteiger partial charge in [-0.2, -0.15) is 5.10 Å². The zero-order chi connectivity index (χ0) is 22.4. The monoisotopic (exact) mass is 443 g/mol. The number of nitrogens with one attached hydrogen (secondary N) is 3. The first-order chi connectivity index (χ1) is 14.9. The van der Waals surface area contributed by atoms with Crippen LogP contribution in [-0.2, 0) is 4.74 Å². The predicted molar refractivity (Wildman–Crippen MR) is 123 cm³/mol. The van der Waals surface area contributed by atoms with Crippen LogP contribution in [-0.4, -0.2) is 45.8 Å². The van der Waals surface area contributed by atoms with Gasteiger partial charge in [-0.3, -0.25) is 4.79 Å². The van der Waals surface area contributed by atoms with Gasteiger partial charge in [-0.1, -0.05) is 0 Å². The number of ether oxygens (including phenoxy) is 1. The molecular formula is C20H25N7O3S. The Kier molecular flexibility index (Phi) is 7.34. The minimum absolute atomic E-state index is 0.0729. The summed E-state index contributed by atoms with van der Waals surface area (Å²) in [5, 5.41) is 19.8. The van der Waals surface area contributed by atoms with Gasteiger partial charge in [0.2, 0.25) is 6.29 Å². The Morgan fingerprint density at radius 1 is 1.32 bits per heavy atom. The third kappa shape index (κ3) is 5.87. The Bertz CT molecular complexity index is 1080. The smallest absolute Gasteiger partial charge is 0.275 e. The molecule has 0 aliphatic heterocycles. The molecule has 11 heteroatoms. The van der Waals surface area contributed by atoms with E-state index in [1.165, 1.54) is 6.20 Å². The van der Waals surface area contributed by atoms with E-state index in [4.69, 9.17) is 10.5 Å². The molecule has 0 saturated carbocycles. The lowest BCUT2D eigenvalue weighted by Crippen LogP contribution is -2.34. The van der Waals surface area contributed by atoms with Gasteiger partial charge < -0.3 is 26.2 Å². The number of anilines is 3. The van der Waals surface area contributed by atoms with Crippen molar-refractivity contribution in [3.8, 4) is 0 Å². The van der Waals surface area contributed by atoms with E-state index in [9.17, 15) is 9.90 Å². The summed E-state index contributed by atoms with van der Waals surface area (Å²) in [6, 6.07) is 7.66. The van der Waals surface area contributed by atoms with E-state index < -0.39 is 12.2 Å².